The molecule has 1 unspecified atom stereocenters. The first-order valence-electron chi connectivity index (χ1n) is 8.34. The molecule has 4 amide bonds. The van der Waals surface area contributed by atoms with E-state index >= 15 is 0 Å². The van der Waals surface area contributed by atoms with Crippen LogP contribution in [0.2, 0.25) is 0 Å². The first-order valence-corrected chi connectivity index (χ1v) is 8.34. The van der Waals surface area contributed by atoms with E-state index in [4.69, 9.17) is 0 Å². The van der Waals surface area contributed by atoms with Gasteiger partial charge in [0, 0.05) is 12.2 Å². The molecule has 0 heterocycles. The van der Waals surface area contributed by atoms with Crippen molar-refractivity contribution in [3.63, 3.8) is 0 Å². The first kappa shape index (κ1) is 20.6. The number of urea groups is 1. The van der Waals surface area contributed by atoms with Gasteiger partial charge in [-0.3, -0.25) is 19.8 Å². The summed E-state index contributed by atoms with van der Waals surface area (Å²) in [5.41, 5.74) is 1.81. The minimum Gasteiger partial charge on any atom is -0.338 e. The fourth-order valence-corrected chi connectivity index (χ4v) is 1.96. The zero-order valence-electron chi connectivity index (χ0n) is 15.6. The Morgan fingerprint density at radius 1 is 1.08 bits per heavy atom. The van der Waals surface area contributed by atoms with Crippen LogP contribution in [0.3, 0.4) is 0 Å². The highest BCUT2D eigenvalue weighted by atomic mass is 16.2. The quantitative estimate of drug-likeness (QED) is 0.700. The van der Waals surface area contributed by atoms with Crippen molar-refractivity contribution >= 4 is 23.5 Å². The fraction of sp³-hybridized carbons (Fsp3) is 0.500. The van der Waals surface area contributed by atoms with Crippen LogP contribution in [0.4, 0.5) is 10.5 Å². The lowest BCUT2D eigenvalue weighted by Crippen LogP contribution is -2.50. The monoisotopic (exact) mass is 348 g/mol. The highest BCUT2D eigenvalue weighted by Crippen LogP contribution is 2.08. The maximum Gasteiger partial charge on any atom is 0.321 e. The zero-order chi connectivity index (χ0) is 19.0. The second-order valence-corrected chi connectivity index (χ2v) is 6.60. The van der Waals surface area contributed by atoms with Crippen LogP contribution in [0.15, 0.2) is 24.3 Å². The van der Waals surface area contributed by atoms with Crippen LogP contribution >= 0.6 is 0 Å². The van der Waals surface area contributed by atoms with Gasteiger partial charge in [0.1, 0.15) is 0 Å². The van der Waals surface area contributed by atoms with Crippen molar-refractivity contribution in [2.75, 3.05) is 25.5 Å². The largest absolute Gasteiger partial charge is 0.338 e. The van der Waals surface area contributed by atoms with E-state index < -0.39 is 18.0 Å². The van der Waals surface area contributed by atoms with Crippen molar-refractivity contribution < 1.29 is 14.4 Å². The summed E-state index contributed by atoms with van der Waals surface area (Å²) in [6, 6.07) is 6.32. The fourth-order valence-electron chi connectivity index (χ4n) is 1.96. The molecule has 0 radical (unpaired) electrons. The number of anilines is 1. The Bertz CT molecular complexity index is 599. The average Bonchev–Trinajstić information content (AvgIpc) is 2.54. The Labute approximate surface area is 149 Å². The number of hydrogen-bond acceptors (Lipinski definition) is 4. The van der Waals surface area contributed by atoms with E-state index in [1.165, 1.54) is 0 Å². The molecule has 1 aromatic rings. The summed E-state index contributed by atoms with van der Waals surface area (Å²) in [5.74, 6) is -0.381. The van der Waals surface area contributed by atoms with Crippen molar-refractivity contribution in [1.29, 1.82) is 0 Å². The Balaban J connectivity index is 2.45. The molecule has 138 valence electrons. The Morgan fingerprint density at radius 2 is 1.68 bits per heavy atom. The zero-order valence-corrected chi connectivity index (χ0v) is 15.6. The third-order valence-electron chi connectivity index (χ3n) is 3.68. The number of carbonyl (C=O) groups excluding carboxylic acids is 3. The standard InChI is InChI=1S/C18H28N4O3/c1-12(2)10-19-18(25)21-17(24)14(4)22(5)11-16(23)20-15-8-6-13(3)7-9-15/h6-9,12,14H,10-11H2,1-5H3,(H,20,23)(H2,19,21,24,25). The van der Waals surface area contributed by atoms with Gasteiger partial charge in [-0.15, -0.1) is 0 Å². The predicted octanol–water partition coefficient (Wildman–Crippen LogP) is 1.74. The van der Waals surface area contributed by atoms with Gasteiger partial charge in [0.15, 0.2) is 0 Å². The molecule has 7 nitrogen and oxygen atoms in total. The summed E-state index contributed by atoms with van der Waals surface area (Å²) < 4.78 is 0. The number of amides is 4. The number of carbonyl (C=O) groups is 3. The third-order valence-corrected chi connectivity index (χ3v) is 3.68. The number of likely N-dealkylation sites (N-methyl/N-ethyl adjacent to an activating group) is 1. The lowest BCUT2D eigenvalue weighted by Gasteiger charge is -2.23. The molecule has 0 aromatic heterocycles. The Morgan fingerprint density at radius 3 is 2.24 bits per heavy atom. The summed E-state index contributed by atoms with van der Waals surface area (Å²) in [6.07, 6.45) is 0. The molecule has 0 bridgehead atoms. The number of benzene rings is 1. The second kappa shape index (κ2) is 9.78. The summed E-state index contributed by atoms with van der Waals surface area (Å²) >= 11 is 0. The lowest BCUT2D eigenvalue weighted by molar-refractivity contribution is -0.125. The van der Waals surface area contributed by atoms with E-state index in [2.05, 4.69) is 16.0 Å². The normalized spacial score (nSPS) is 12.0. The highest BCUT2D eigenvalue weighted by molar-refractivity contribution is 5.97. The van der Waals surface area contributed by atoms with E-state index in [-0.39, 0.29) is 12.5 Å². The maximum atomic E-state index is 12.1. The number of nitrogens with zero attached hydrogens (tertiary/aromatic N) is 1. The number of imide groups is 1. The molecule has 25 heavy (non-hydrogen) atoms. The van der Waals surface area contributed by atoms with Gasteiger partial charge in [-0.1, -0.05) is 31.5 Å². The molecule has 1 atom stereocenters. The van der Waals surface area contributed by atoms with Gasteiger partial charge in [0.05, 0.1) is 12.6 Å². The Hall–Kier alpha value is -2.41. The van der Waals surface area contributed by atoms with Crippen LogP contribution < -0.4 is 16.0 Å². The predicted molar refractivity (Wildman–Crippen MR) is 98.3 cm³/mol. The molecule has 0 spiro atoms. The van der Waals surface area contributed by atoms with Crippen molar-refractivity contribution in [3.05, 3.63) is 29.8 Å². The topological polar surface area (TPSA) is 90.5 Å². The van der Waals surface area contributed by atoms with E-state index in [1.54, 1.807) is 18.9 Å². The highest BCUT2D eigenvalue weighted by Gasteiger charge is 2.21. The minimum absolute atomic E-state index is 0.0378. The molecule has 0 aliphatic carbocycles. The van der Waals surface area contributed by atoms with Gasteiger partial charge >= 0.3 is 6.03 Å². The number of nitrogens with one attached hydrogen (secondary N) is 3. The van der Waals surface area contributed by atoms with E-state index in [0.717, 1.165) is 5.56 Å². The van der Waals surface area contributed by atoms with Gasteiger partial charge in [0.2, 0.25) is 11.8 Å². The summed E-state index contributed by atoms with van der Waals surface area (Å²) in [7, 11) is 1.66. The van der Waals surface area contributed by atoms with Crippen LogP contribution in [0.25, 0.3) is 0 Å². The molecule has 0 aliphatic rings. The summed E-state index contributed by atoms with van der Waals surface area (Å²) in [5, 5.41) is 7.67. The van der Waals surface area contributed by atoms with Crippen molar-refractivity contribution in [1.82, 2.24) is 15.5 Å². The molecular weight excluding hydrogens is 320 g/mol. The summed E-state index contributed by atoms with van der Waals surface area (Å²) in [6.45, 7) is 8.07. The maximum absolute atomic E-state index is 12.1. The molecule has 0 fully saturated rings. The Kier molecular flexibility index (Phi) is 8.07. The van der Waals surface area contributed by atoms with E-state index in [9.17, 15) is 14.4 Å². The molecule has 0 aliphatic heterocycles. The second-order valence-electron chi connectivity index (χ2n) is 6.60. The average molecular weight is 348 g/mol. The molecule has 0 saturated carbocycles. The van der Waals surface area contributed by atoms with Crippen LogP contribution in [-0.2, 0) is 9.59 Å². The van der Waals surface area contributed by atoms with Crippen LogP contribution in [0, 0.1) is 12.8 Å². The molecule has 0 saturated heterocycles. The van der Waals surface area contributed by atoms with Crippen LogP contribution in [-0.4, -0.2) is 48.9 Å². The van der Waals surface area contributed by atoms with Gasteiger partial charge in [-0.25, -0.2) is 4.79 Å². The van der Waals surface area contributed by atoms with Crippen LogP contribution in [0.1, 0.15) is 26.3 Å². The third kappa shape index (κ3) is 7.80. The molecule has 1 aromatic carbocycles. The van der Waals surface area contributed by atoms with Gasteiger partial charge in [-0.2, -0.15) is 0 Å². The lowest BCUT2D eigenvalue weighted by atomic mass is 10.2. The number of hydrogen-bond donors (Lipinski definition) is 3. The summed E-state index contributed by atoms with van der Waals surface area (Å²) in [4.78, 5) is 37.4. The van der Waals surface area contributed by atoms with Gasteiger partial charge in [0.25, 0.3) is 0 Å². The van der Waals surface area contributed by atoms with E-state index in [0.29, 0.717) is 18.2 Å². The van der Waals surface area contributed by atoms with Gasteiger partial charge < -0.3 is 10.6 Å². The molecular formula is C18H28N4O3. The van der Waals surface area contributed by atoms with Crippen molar-refractivity contribution in [2.45, 2.75) is 33.7 Å². The van der Waals surface area contributed by atoms with Gasteiger partial charge in [-0.05, 0) is 38.9 Å². The number of aryl methyl sites for hydroxylation is 1. The number of rotatable bonds is 7. The molecule has 1 rings (SSSR count). The van der Waals surface area contributed by atoms with Crippen molar-refractivity contribution in [2.24, 2.45) is 5.92 Å². The van der Waals surface area contributed by atoms with Crippen LogP contribution in [0.5, 0.6) is 0 Å². The first-order chi connectivity index (χ1) is 11.7. The SMILES string of the molecule is Cc1ccc(NC(=O)CN(C)C(C)C(=O)NC(=O)NCC(C)C)cc1. The molecule has 3 N–H and O–H groups in total. The molecule has 7 heteroatoms. The smallest absolute Gasteiger partial charge is 0.321 e. The van der Waals surface area contributed by atoms with Crippen molar-refractivity contribution in [3.8, 4) is 0 Å². The minimum atomic E-state index is -0.617. The van der Waals surface area contributed by atoms with E-state index in [1.807, 2.05) is 45.0 Å².